The number of H-pyrrole nitrogens is 1. The van der Waals surface area contributed by atoms with Crippen LogP contribution in [-0.2, 0) is 0 Å². The largest absolute Gasteiger partial charge is 0.313 e. The van der Waals surface area contributed by atoms with Gasteiger partial charge in [-0.2, -0.15) is 5.26 Å². The Morgan fingerprint density at radius 2 is 2.36 bits per heavy atom. The van der Waals surface area contributed by atoms with E-state index in [-0.39, 0.29) is 0 Å². The number of aromatic amines is 1. The lowest BCUT2D eigenvalue weighted by Gasteiger charge is -1.80. The summed E-state index contributed by atoms with van der Waals surface area (Å²) in [6.45, 7) is 0. The minimum absolute atomic E-state index is 0.303. The molecule has 68 valence electrons. The quantitative estimate of drug-likeness (QED) is 0.760. The summed E-state index contributed by atoms with van der Waals surface area (Å²) in [6, 6.07) is 1.91. The zero-order valence-electron chi connectivity index (χ0n) is 6.88. The normalized spacial score (nSPS) is 10.5. The zero-order valence-corrected chi connectivity index (χ0v) is 7.69. The molecule has 6 nitrogen and oxygen atoms in total. The van der Waals surface area contributed by atoms with Crippen LogP contribution in [0.4, 0.5) is 11.1 Å². The first-order valence-electron chi connectivity index (χ1n) is 3.65. The summed E-state index contributed by atoms with van der Waals surface area (Å²) in [5.74, 6) is 0.303. The van der Waals surface area contributed by atoms with E-state index in [0.717, 1.165) is 0 Å². The maximum atomic E-state index is 8.50. The van der Waals surface area contributed by atoms with Crippen LogP contribution in [0.3, 0.4) is 0 Å². The van der Waals surface area contributed by atoms with Crippen molar-refractivity contribution in [1.82, 2.24) is 15.0 Å². The zero-order chi connectivity index (χ0) is 9.80. The average Bonchev–Trinajstić information content (AvgIpc) is 2.86. The van der Waals surface area contributed by atoms with Crippen molar-refractivity contribution >= 4 is 22.4 Å². The lowest BCUT2D eigenvalue weighted by Crippen LogP contribution is -1.68. The molecule has 0 aliphatic heterocycles. The van der Waals surface area contributed by atoms with Crippen molar-refractivity contribution in [3.05, 3.63) is 23.5 Å². The molecule has 2 heterocycles. The number of nitrogens with one attached hydrogen (secondary N) is 1. The first-order chi connectivity index (χ1) is 6.88. The monoisotopic (exact) mass is 204 g/mol. The standard InChI is InChI=1S/C7H4N6S/c8-3-5-4-10-6(11-5)12-13-7-9-1-2-14-7/h1-2,4H,(H,10,11)/b13-12+. The third-order valence-corrected chi connectivity index (χ3v) is 1.99. The molecule has 0 saturated heterocycles. The fourth-order valence-corrected chi connectivity index (χ4v) is 1.23. The average molecular weight is 204 g/mol. The first-order valence-corrected chi connectivity index (χ1v) is 4.53. The third-order valence-electron chi connectivity index (χ3n) is 1.33. The van der Waals surface area contributed by atoms with Gasteiger partial charge in [-0.1, -0.05) is 0 Å². The number of hydrogen-bond acceptors (Lipinski definition) is 6. The van der Waals surface area contributed by atoms with Crippen molar-refractivity contribution in [2.24, 2.45) is 10.2 Å². The van der Waals surface area contributed by atoms with Crippen LogP contribution in [0, 0.1) is 11.3 Å². The lowest BCUT2D eigenvalue weighted by molar-refractivity contribution is 1.11. The summed E-state index contributed by atoms with van der Waals surface area (Å²) in [5, 5.41) is 18.4. The van der Waals surface area contributed by atoms with Crippen molar-refractivity contribution in [2.45, 2.75) is 0 Å². The summed E-state index contributed by atoms with van der Waals surface area (Å²) in [6.07, 6.45) is 3.04. The molecule has 14 heavy (non-hydrogen) atoms. The smallest absolute Gasteiger partial charge is 0.247 e. The number of aromatic nitrogens is 3. The highest BCUT2D eigenvalue weighted by molar-refractivity contribution is 7.13. The van der Waals surface area contributed by atoms with E-state index in [2.05, 4.69) is 25.2 Å². The van der Waals surface area contributed by atoms with Crippen molar-refractivity contribution in [2.75, 3.05) is 0 Å². The van der Waals surface area contributed by atoms with Crippen LogP contribution in [0.15, 0.2) is 28.0 Å². The molecule has 0 saturated carbocycles. The van der Waals surface area contributed by atoms with Crippen molar-refractivity contribution in [3.8, 4) is 6.07 Å². The molecule has 0 aromatic carbocycles. The highest BCUT2D eigenvalue weighted by Crippen LogP contribution is 2.17. The molecule has 0 spiro atoms. The van der Waals surface area contributed by atoms with E-state index in [9.17, 15) is 0 Å². The Morgan fingerprint density at radius 1 is 1.43 bits per heavy atom. The van der Waals surface area contributed by atoms with Gasteiger partial charge in [0.05, 0.1) is 6.20 Å². The van der Waals surface area contributed by atoms with Gasteiger partial charge in [-0.05, 0) is 0 Å². The number of imidazole rings is 1. The van der Waals surface area contributed by atoms with Crippen LogP contribution >= 0.6 is 11.3 Å². The Labute approximate surface area is 83.0 Å². The number of hydrogen-bond donors (Lipinski definition) is 1. The summed E-state index contributed by atoms with van der Waals surface area (Å²) in [7, 11) is 0. The van der Waals surface area contributed by atoms with Gasteiger partial charge in [0.15, 0.2) is 0 Å². The van der Waals surface area contributed by atoms with Crippen molar-refractivity contribution in [1.29, 1.82) is 5.26 Å². The second kappa shape index (κ2) is 3.76. The van der Waals surface area contributed by atoms with Crippen LogP contribution in [0.25, 0.3) is 0 Å². The van der Waals surface area contributed by atoms with Crippen molar-refractivity contribution in [3.63, 3.8) is 0 Å². The van der Waals surface area contributed by atoms with Crippen LogP contribution in [-0.4, -0.2) is 15.0 Å². The summed E-state index contributed by atoms with van der Waals surface area (Å²) >= 11 is 1.38. The number of rotatable bonds is 2. The maximum absolute atomic E-state index is 8.50. The van der Waals surface area contributed by atoms with Crippen molar-refractivity contribution < 1.29 is 0 Å². The van der Waals surface area contributed by atoms with E-state index < -0.39 is 0 Å². The molecule has 7 heteroatoms. The molecule has 2 aromatic rings. The predicted molar refractivity (Wildman–Crippen MR) is 49.6 cm³/mol. The molecule has 2 rings (SSSR count). The molecule has 0 aliphatic carbocycles. The van der Waals surface area contributed by atoms with Crippen LogP contribution < -0.4 is 0 Å². The number of thiazole rings is 1. The molecule has 1 N–H and O–H groups in total. The van der Waals surface area contributed by atoms with Gasteiger partial charge in [0.25, 0.3) is 0 Å². The Kier molecular flexibility index (Phi) is 2.29. The Morgan fingerprint density at radius 3 is 3.00 bits per heavy atom. The molecule has 0 atom stereocenters. The summed E-state index contributed by atoms with van der Waals surface area (Å²) in [4.78, 5) is 10.4. The van der Waals surface area contributed by atoms with Gasteiger partial charge in [-0.15, -0.1) is 21.6 Å². The van der Waals surface area contributed by atoms with Crippen LogP contribution in [0.2, 0.25) is 0 Å². The molecule has 2 aromatic heterocycles. The molecule has 0 aliphatic rings. The second-order valence-electron chi connectivity index (χ2n) is 2.25. The minimum Gasteiger partial charge on any atom is -0.313 e. The first kappa shape index (κ1) is 8.52. The molecule has 0 fully saturated rings. The van der Waals surface area contributed by atoms with Crippen LogP contribution in [0.1, 0.15) is 5.69 Å². The van der Waals surface area contributed by atoms with E-state index >= 15 is 0 Å². The minimum atomic E-state index is 0.303. The van der Waals surface area contributed by atoms with Gasteiger partial charge in [0.2, 0.25) is 11.1 Å². The summed E-state index contributed by atoms with van der Waals surface area (Å²) < 4.78 is 0. The molecule has 0 bridgehead atoms. The molecule has 0 unspecified atom stereocenters. The van der Waals surface area contributed by atoms with E-state index in [1.807, 2.05) is 6.07 Å². The Bertz CT molecular complexity index is 477. The SMILES string of the molecule is N#Cc1cnc(/N=N/c2nccs2)[nH]1. The number of nitriles is 1. The third kappa shape index (κ3) is 1.81. The maximum Gasteiger partial charge on any atom is 0.247 e. The molecular weight excluding hydrogens is 200 g/mol. The van der Waals surface area contributed by atoms with Crippen LogP contribution in [0.5, 0.6) is 0 Å². The van der Waals surface area contributed by atoms with E-state index in [4.69, 9.17) is 5.26 Å². The molecule has 0 amide bonds. The second-order valence-corrected chi connectivity index (χ2v) is 3.12. The lowest BCUT2D eigenvalue weighted by atomic mass is 10.6. The fraction of sp³-hybridized carbons (Fsp3) is 0. The van der Waals surface area contributed by atoms with Gasteiger partial charge in [0.1, 0.15) is 11.8 Å². The number of azo groups is 1. The van der Waals surface area contributed by atoms with Gasteiger partial charge >= 0.3 is 0 Å². The van der Waals surface area contributed by atoms with Gasteiger partial charge in [-0.3, -0.25) is 0 Å². The topological polar surface area (TPSA) is 90.1 Å². The van der Waals surface area contributed by atoms with E-state index in [1.165, 1.54) is 17.5 Å². The summed E-state index contributed by atoms with van der Waals surface area (Å²) in [5.41, 5.74) is 0.359. The Balaban J connectivity index is 2.15. The van der Waals surface area contributed by atoms with Gasteiger partial charge in [-0.25, -0.2) is 9.97 Å². The van der Waals surface area contributed by atoms with Gasteiger partial charge < -0.3 is 4.98 Å². The molecular formula is C7H4N6S. The van der Waals surface area contributed by atoms with Gasteiger partial charge in [0, 0.05) is 11.6 Å². The highest BCUT2D eigenvalue weighted by atomic mass is 32.1. The Hall–Kier alpha value is -2.07. The van der Waals surface area contributed by atoms with E-state index in [0.29, 0.717) is 16.8 Å². The number of nitrogens with zero attached hydrogens (tertiary/aromatic N) is 5. The highest BCUT2D eigenvalue weighted by Gasteiger charge is 1.97. The van der Waals surface area contributed by atoms with E-state index in [1.54, 1.807) is 11.6 Å². The molecule has 0 radical (unpaired) electrons. The fourth-order valence-electron chi connectivity index (χ4n) is 0.774. The predicted octanol–water partition coefficient (Wildman–Crippen LogP) is 2.15.